The number of hydrogen-bond acceptors (Lipinski definition) is 3. The van der Waals surface area contributed by atoms with Crippen molar-refractivity contribution in [3.8, 4) is 5.75 Å². The summed E-state index contributed by atoms with van der Waals surface area (Å²) in [5.41, 5.74) is 0.854. The topological polar surface area (TPSA) is 35.0 Å². The SMILES string of the molecule is COc1cc2ncn[c]c2cc1I. The Morgan fingerprint density at radius 1 is 1.46 bits per heavy atom. The highest BCUT2D eigenvalue weighted by Gasteiger charge is 2.02. The monoisotopic (exact) mass is 285 g/mol. The summed E-state index contributed by atoms with van der Waals surface area (Å²) in [7, 11) is 1.65. The van der Waals surface area contributed by atoms with Crippen LogP contribution in [0.4, 0.5) is 0 Å². The van der Waals surface area contributed by atoms with E-state index in [0.717, 1.165) is 20.2 Å². The summed E-state index contributed by atoms with van der Waals surface area (Å²) in [6, 6.07) is 3.84. The van der Waals surface area contributed by atoms with Gasteiger partial charge in [-0.2, -0.15) is 0 Å². The van der Waals surface area contributed by atoms with Crippen LogP contribution in [0, 0.1) is 9.77 Å². The van der Waals surface area contributed by atoms with Crippen LogP contribution in [-0.4, -0.2) is 17.1 Å². The largest absolute Gasteiger partial charge is 0.496 e. The Labute approximate surface area is 89.3 Å². The van der Waals surface area contributed by atoms with Gasteiger partial charge >= 0.3 is 0 Å². The number of benzene rings is 1. The van der Waals surface area contributed by atoms with Crippen molar-refractivity contribution in [2.45, 2.75) is 0 Å². The van der Waals surface area contributed by atoms with Crippen LogP contribution in [0.2, 0.25) is 0 Å². The van der Waals surface area contributed by atoms with Crippen molar-refractivity contribution in [1.82, 2.24) is 9.97 Å². The lowest BCUT2D eigenvalue weighted by atomic mass is 10.2. The van der Waals surface area contributed by atoms with Gasteiger partial charge < -0.3 is 4.74 Å². The predicted octanol–water partition coefficient (Wildman–Crippen LogP) is 2.04. The average molecular weight is 285 g/mol. The maximum atomic E-state index is 5.17. The molecule has 0 atom stereocenters. The van der Waals surface area contributed by atoms with Crippen LogP contribution in [0.1, 0.15) is 0 Å². The number of hydrogen-bond donors (Lipinski definition) is 0. The molecule has 0 unspecified atom stereocenters. The van der Waals surface area contributed by atoms with Gasteiger partial charge in [0, 0.05) is 11.5 Å². The van der Waals surface area contributed by atoms with E-state index in [4.69, 9.17) is 4.74 Å². The maximum absolute atomic E-state index is 5.17. The zero-order valence-corrected chi connectivity index (χ0v) is 9.07. The zero-order valence-electron chi connectivity index (χ0n) is 6.91. The number of aromatic nitrogens is 2. The zero-order chi connectivity index (χ0) is 9.26. The molecule has 1 radical (unpaired) electrons. The normalized spacial score (nSPS) is 10.3. The lowest BCUT2D eigenvalue weighted by Crippen LogP contribution is -1.89. The number of halogens is 1. The molecule has 4 heteroatoms. The van der Waals surface area contributed by atoms with Crippen molar-refractivity contribution in [2.24, 2.45) is 0 Å². The van der Waals surface area contributed by atoms with Gasteiger partial charge in [0.1, 0.15) is 18.3 Å². The van der Waals surface area contributed by atoms with Gasteiger partial charge in [-0.05, 0) is 28.7 Å². The highest BCUT2D eigenvalue weighted by atomic mass is 127. The number of ether oxygens (including phenoxy) is 1. The fraction of sp³-hybridized carbons (Fsp3) is 0.111. The van der Waals surface area contributed by atoms with Gasteiger partial charge in [0.2, 0.25) is 0 Å². The molecule has 3 nitrogen and oxygen atoms in total. The minimum atomic E-state index is 0.834. The maximum Gasteiger partial charge on any atom is 0.134 e. The molecule has 0 bridgehead atoms. The van der Waals surface area contributed by atoms with E-state index in [1.54, 1.807) is 7.11 Å². The molecule has 0 saturated carbocycles. The third-order valence-electron chi connectivity index (χ3n) is 1.71. The summed E-state index contributed by atoms with van der Waals surface area (Å²) in [6.45, 7) is 0. The van der Waals surface area contributed by atoms with Crippen LogP contribution in [0.15, 0.2) is 18.5 Å². The van der Waals surface area contributed by atoms with E-state index in [1.807, 2.05) is 12.1 Å². The summed E-state index contributed by atoms with van der Waals surface area (Å²) in [5.74, 6) is 0.834. The molecular formula is C9H6IN2O. The van der Waals surface area contributed by atoms with Crippen molar-refractivity contribution in [3.05, 3.63) is 28.2 Å². The van der Waals surface area contributed by atoms with Gasteiger partial charge in [0.15, 0.2) is 0 Å². The lowest BCUT2D eigenvalue weighted by molar-refractivity contribution is 0.412. The molecule has 0 amide bonds. The number of nitrogens with zero attached hydrogens (tertiary/aromatic N) is 2. The molecule has 0 fully saturated rings. The van der Waals surface area contributed by atoms with E-state index in [0.29, 0.717) is 0 Å². The summed E-state index contributed by atoms with van der Waals surface area (Å²) >= 11 is 2.21. The Hall–Kier alpha value is -0.910. The van der Waals surface area contributed by atoms with Crippen LogP contribution < -0.4 is 4.74 Å². The molecule has 0 aliphatic heterocycles. The number of methoxy groups -OCH3 is 1. The van der Waals surface area contributed by atoms with Crippen LogP contribution in [-0.2, 0) is 0 Å². The Balaban J connectivity index is 2.74. The molecule has 13 heavy (non-hydrogen) atoms. The van der Waals surface area contributed by atoms with Crippen LogP contribution >= 0.6 is 22.6 Å². The average Bonchev–Trinajstić information content (AvgIpc) is 2.17. The second-order valence-corrected chi connectivity index (χ2v) is 3.65. The second-order valence-electron chi connectivity index (χ2n) is 2.49. The summed E-state index contributed by atoms with van der Waals surface area (Å²) < 4.78 is 6.21. The van der Waals surface area contributed by atoms with Crippen LogP contribution in [0.25, 0.3) is 10.9 Å². The Bertz CT molecular complexity index is 445. The van der Waals surface area contributed by atoms with Gasteiger partial charge in [0.25, 0.3) is 0 Å². The molecule has 2 aromatic rings. The van der Waals surface area contributed by atoms with Crippen molar-refractivity contribution in [3.63, 3.8) is 0 Å². The predicted molar refractivity (Wildman–Crippen MR) is 57.6 cm³/mol. The quantitative estimate of drug-likeness (QED) is 0.752. The first-order chi connectivity index (χ1) is 6.31. The molecular weight excluding hydrogens is 279 g/mol. The van der Waals surface area contributed by atoms with E-state index in [-0.39, 0.29) is 0 Å². The minimum Gasteiger partial charge on any atom is -0.496 e. The minimum absolute atomic E-state index is 0.834. The van der Waals surface area contributed by atoms with E-state index in [2.05, 4.69) is 38.8 Å². The van der Waals surface area contributed by atoms with E-state index in [9.17, 15) is 0 Å². The summed E-state index contributed by atoms with van der Waals surface area (Å²) in [5, 5.41) is 0.910. The highest BCUT2D eigenvalue weighted by molar-refractivity contribution is 14.1. The summed E-state index contributed by atoms with van der Waals surface area (Å²) in [4.78, 5) is 7.93. The van der Waals surface area contributed by atoms with Gasteiger partial charge in [-0.1, -0.05) is 0 Å². The van der Waals surface area contributed by atoms with Crippen molar-refractivity contribution < 1.29 is 4.74 Å². The van der Waals surface area contributed by atoms with Gasteiger partial charge in [-0.25, -0.2) is 9.97 Å². The van der Waals surface area contributed by atoms with Crippen molar-refractivity contribution in [1.29, 1.82) is 0 Å². The summed E-state index contributed by atoms with van der Waals surface area (Å²) in [6.07, 6.45) is 4.35. The van der Waals surface area contributed by atoms with Gasteiger partial charge in [-0.3, -0.25) is 0 Å². The first-order valence-electron chi connectivity index (χ1n) is 3.67. The van der Waals surface area contributed by atoms with Crippen LogP contribution in [0.3, 0.4) is 0 Å². The van der Waals surface area contributed by atoms with Crippen molar-refractivity contribution in [2.75, 3.05) is 7.11 Å². The first kappa shape index (κ1) is 8.68. The lowest BCUT2D eigenvalue weighted by Gasteiger charge is -2.03. The number of rotatable bonds is 1. The molecule has 0 N–H and O–H groups in total. The Morgan fingerprint density at radius 2 is 2.31 bits per heavy atom. The van der Waals surface area contributed by atoms with Crippen molar-refractivity contribution >= 4 is 33.5 Å². The third-order valence-corrected chi connectivity index (χ3v) is 2.55. The van der Waals surface area contributed by atoms with Gasteiger partial charge in [-0.15, -0.1) is 0 Å². The molecule has 1 heterocycles. The smallest absolute Gasteiger partial charge is 0.134 e. The van der Waals surface area contributed by atoms with E-state index < -0.39 is 0 Å². The molecule has 0 aliphatic carbocycles. The molecule has 65 valence electrons. The fourth-order valence-corrected chi connectivity index (χ4v) is 1.77. The molecule has 2 rings (SSSR count). The molecule has 0 aliphatic rings. The van der Waals surface area contributed by atoms with E-state index in [1.165, 1.54) is 6.33 Å². The van der Waals surface area contributed by atoms with E-state index >= 15 is 0 Å². The Morgan fingerprint density at radius 3 is 3.08 bits per heavy atom. The third kappa shape index (κ3) is 1.58. The molecule has 0 spiro atoms. The fourth-order valence-electron chi connectivity index (χ4n) is 1.08. The standard InChI is InChI=1S/C9H6IN2O/c1-13-9-3-8-6(2-7(9)10)4-11-5-12-8/h2-3,5H,1H3. The Kier molecular flexibility index (Phi) is 2.30. The molecule has 1 aromatic carbocycles. The van der Waals surface area contributed by atoms with Gasteiger partial charge in [0.05, 0.1) is 16.2 Å². The number of fused-ring (bicyclic) bond motifs is 1. The van der Waals surface area contributed by atoms with Crippen LogP contribution in [0.5, 0.6) is 5.75 Å². The molecule has 1 aromatic heterocycles. The molecule has 0 saturated heterocycles. The first-order valence-corrected chi connectivity index (χ1v) is 4.75. The second kappa shape index (κ2) is 3.45. The highest BCUT2D eigenvalue weighted by Crippen LogP contribution is 2.24.